The number of ether oxygens (including phenoxy) is 3. The summed E-state index contributed by atoms with van der Waals surface area (Å²) >= 11 is 0. The maximum absolute atomic E-state index is 12.3. The minimum atomic E-state index is -4.65. The summed E-state index contributed by atoms with van der Waals surface area (Å²) in [4.78, 5) is 15.7. The van der Waals surface area contributed by atoms with Crippen LogP contribution in [-0.4, -0.2) is 48.8 Å². The number of alkyl halides is 3. The van der Waals surface area contributed by atoms with Crippen LogP contribution in [0.3, 0.4) is 0 Å². The quantitative estimate of drug-likeness (QED) is 0.223. The van der Waals surface area contributed by atoms with Crippen molar-refractivity contribution in [3.63, 3.8) is 0 Å². The van der Waals surface area contributed by atoms with E-state index >= 15 is 0 Å². The van der Waals surface area contributed by atoms with E-state index in [1.165, 1.54) is 0 Å². The van der Waals surface area contributed by atoms with E-state index in [2.05, 4.69) is 35.6 Å². The van der Waals surface area contributed by atoms with Crippen molar-refractivity contribution >= 4 is 23.7 Å². The molecule has 34 heavy (non-hydrogen) atoms. The van der Waals surface area contributed by atoms with Crippen molar-refractivity contribution in [2.24, 2.45) is 12.0 Å². The van der Waals surface area contributed by atoms with Crippen molar-refractivity contribution in [2.75, 3.05) is 20.4 Å². The molecule has 0 N–H and O–H groups in total. The lowest BCUT2D eigenvalue weighted by molar-refractivity contribution is -0.167. The molecule has 0 aliphatic heterocycles. The van der Waals surface area contributed by atoms with E-state index in [4.69, 9.17) is 9.47 Å². The number of aryl methyl sites for hydroxylation is 2. The molecule has 0 aliphatic rings. The predicted molar refractivity (Wildman–Crippen MR) is 123 cm³/mol. The summed E-state index contributed by atoms with van der Waals surface area (Å²) in [6, 6.07) is 7.86. The third-order valence-corrected chi connectivity index (χ3v) is 5.04. The first-order valence-electron chi connectivity index (χ1n) is 10.5. The SMILES string of the molecule is CN=C/C(=C(/OCOC(=O)OCC(F)(F)F)c1c(C)c(C)nn1C)c1ccc(C(C)(C)C)cc1. The Hall–Kier alpha value is -3.30. The molecule has 0 amide bonds. The monoisotopic (exact) mass is 481 g/mol. The molecule has 0 saturated carbocycles. The van der Waals surface area contributed by atoms with Gasteiger partial charge in [-0.15, -0.1) is 0 Å². The van der Waals surface area contributed by atoms with Crippen molar-refractivity contribution in [2.45, 2.75) is 46.2 Å². The summed E-state index contributed by atoms with van der Waals surface area (Å²) in [7, 11) is 3.34. The lowest BCUT2D eigenvalue weighted by Gasteiger charge is -2.20. The smallest absolute Gasteiger partial charge is 0.454 e. The lowest BCUT2D eigenvalue weighted by Crippen LogP contribution is -2.21. The molecule has 1 heterocycles. The molecule has 0 fully saturated rings. The number of rotatable bonds is 7. The van der Waals surface area contributed by atoms with Gasteiger partial charge in [0.05, 0.1) is 5.69 Å². The summed E-state index contributed by atoms with van der Waals surface area (Å²) in [5.41, 5.74) is 4.66. The highest BCUT2D eigenvalue weighted by atomic mass is 19.4. The van der Waals surface area contributed by atoms with Gasteiger partial charge in [-0.2, -0.15) is 18.3 Å². The third-order valence-electron chi connectivity index (χ3n) is 5.04. The summed E-state index contributed by atoms with van der Waals surface area (Å²) in [6.45, 7) is 7.61. The zero-order chi connectivity index (χ0) is 25.7. The van der Waals surface area contributed by atoms with Gasteiger partial charge in [0.2, 0.25) is 6.79 Å². The zero-order valence-corrected chi connectivity index (χ0v) is 20.4. The van der Waals surface area contributed by atoms with E-state index in [-0.39, 0.29) is 5.41 Å². The van der Waals surface area contributed by atoms with Crippen molar-refractivity contribution in [1.82, 2.24) is 9.78 Å². The number of carbonyl (C=O) groups excluding carboxylic acids is 1. The number of benzene rings is 1. The van der Waals surface area contributed by atoms with Gasteiger partial charge in [-0.25, -0.2) is 4.79 Å². The van der Waals surface area contributed by atoms with Gasteiger partial charge in [0.1, 0.15) is 5.69 Å². The van der Waals surface area contributed by atoms with Gasteiger partial charge in [-0.05, 0) is 30.4 Å². The number of aromatic nitrogens is 2. The van der Waals surface area contributed by atoms with Crippen LogP contribution < -0.4 is 0 Å². The fourth-order valence-corrected chi connectivity index (χ4v) is 3.22. The molecule has 1 aromatic carbocycles. The number of halogens is 3. The number of hydrogen-bond donors (Lipinski definition) is 0. The highest BCUT2D eigenvalue weighted by Gasteiger charge is 2.30. The molecule has 10 heteroatoms. The second-order valence-corrected chi connectivity index (χ2v) is 8.70. The molecule has 0 aliphatic carbocycles. The maximum Gasteiger partial charge on any atom is 0.511 e. The summed E-state index contributed by atoms with van der Waals surface area (Å²) < 4.78 is 53.0. The van der Waals surface area contributed by atoms with Gasteiger partial charge in [-0.1, -0.05) is 45.0 Å². The highest BCUT2D eigenvalue weighted by Crippen LogP contribution is 2.31. The molecule has 0 bridgehead atoms. The van der Waals surface area contributed by atoms with Crippen LogP contribution in [0.25, 0.3) is 11.3 Å². The number of carbonyl (C=O) groups is 1. The molecule has 2 aromatic rings. The van der Waals surface area contributed by atoms with Crippen molar-refractivity contribution in [3.05, 3.63) is 52.3 Å². The lowest BCUT2D eigenvalue weighted by atomic mass is 9.86. The topological polar surface area (TPSA) is 74.9 Å². The summed E-state index contributed by atoms with van der Waals surface area (Å²) in [6.07, 6.45) is -4.54. The third kappa shape index (κ3) is 7.10. The van der Waals surface area contributed by atoms with Crippen LogP contribution in [-0.2, 0) is 26.7 Å². The minimum absolute atomic E-state index is 0.0407. The maximum atomic E-state index is 12.3. The molecule has 0 radical (unpaired) electrons. The average Bonchev–Trinajstić information content (AvgIpc) is 2.99. The Morgan fingerprint density at radius 3 is 2.18 bits per heavy atom. The molecule has 0 spiro atoms. The predicted octanol–water partition coefficient (Wildman–Crippen LogP) is 5.59. The van der Waals surface area contributed by atoms with E-state index in [1.807, 2.05) is 38.1 Å². The second kappa shape index (κ2) is 10.8. The summed E-state index contributed by atoms with van der Waals surface area (Å²) in [5, 5.41) is 4.41. The Balaban J connectivity index is 2.46. The fraction of sp³-hybridized carbons (Fsp3) is 0.458. The Morgan fingerprint density at radius 1 is 1.09 bits per heavy atom. The normalized spacial score (nSPS) is 13.1. The van der Waals surface area contributed by atoms with Crippen molar-refractivity contribution < 1.29 is 32.2 Å². The van der Waals surface area contributed by atoms with E-state index in [0.29, 0.717) is 17.0 Å². The van der Waals surface area contributed by atoms with Gasteiger partial charge in [0.25, 0.3) is 0 Å². The first-order chi connectivity index (χ1) is 15.7. The zero-order valence-electron chi connectivity index (χ0n) is 20.4. The molecule has 1 aromatic heterocycles. The number of allylic oxidation sites excluding steroid dienone is 1. The van der Waals surface area contributed by atoms with Crippen molar-refractivity contribution in [1.29, 1.82) is 0 Å². The Kier molecular flexibility index (Phi) is 8.52. The molecular formula is C24H30F3N3O4. The molecule has 0 unspecified atom stereocenters. The van der Waals surface area contributed by atoms with Gasteiger partial charge >= 0.3 is 12.3 Å². The van der Waals surface area contributed by atoms with Gasteiger partial charge in [0.15, 0.2) is 12.4 Å². The van der Waals surface area contributed by atoms with E-state index in [1.54, 1.807) is 25.0 Å². The Labute approximate surface area is 197 Å². The second-order valence-electron chi connectivity index (χ2n) is 8.70. The number of nitrogens with zero attached hydrogens (tertiary/aromatic N) is 3. The van der Waals surface area contributed by atoms with Crippen LogP contribution in [0, 0.1) is 13.8 Å². The first-order valence-corrected chi connectivity index (χ1v) is 10.5. The van der Waals surface area contributed by atoms with E-state index < -0.39 is 25.7 Å². The average molecular weight is 482 g/mol. The number of aliphatic imine (C=N–C) groups is 1. The molecular weight excluding hydrogens is 451 g/mol. The molecule has 2 rings (SSSR count). The first kappa shape index (κ1) is 26.9. The van der Waals surface area contributed by atoms with E-state index in [9.17, 15) is 18.0 Å². The molecule has 7 nitrogen and oxygen atoms in total. The number of hydrogen-bond acceptors (Lipinski definition) is 6. The van der Waals surface area contributed by atoms with Crippen LogP contribution in [0.4, 0.5) is 18.0 Å². The van der Waals surface area contributed by atoms with Crippen LogP contribution in [0.15, 0.2) is 29.3 Å². The van der Waals surface area contributed by atoms with Crippen LogP contribution in [0.1, 0.15) is 48.8 Å². The van der Waals surface area contributed by atoms with Crippen LogP contribution >= 0.6 is 0 Å². The Bertz CT molecular complexity index is 1060. The van der Waals surface area contributed by atoms with Crippen LogP contribution in [0.2, 0.25) is 0 Å². The largest absolute Gasteiger partial charge is 0.511 e. The Morgan fingerprint density at radius 2 is 1.71 bits per heavy atom. The highest BCUT2D eigenvalue weighted by molar-refractivity contribution is 6.18. The minimum Gasteiger partial charge on any atom is -0.454 e. The van der Waals surface area contributed by atoms with Gasteiger partial charge in [-0.3, -0.25) is 9.67 Å². The van der Waals surface area contributed by atoms with Gasteiger partial charge in [0, 0.05) is 31.4 Å². The van der Waals surface area contributed by atoms with E-state index in [0.717, 1.165) is 22.4 Å². The van der Waals surface area contributed by atoms with Crippen molar-refractivity contribution in [3.8, 4) is 0 Å². The van der Waals surface area contributed by atoms with Crippen LogP contribution in [0.5, 0.6) is 0 Å². The fourth-order valence-electron chi connectivity index (χ4n) is 3.22. The van der Waals surface area contributed by atoms with Gasteiger partial charge < -0.3 is 14.2 Å². The summed E-state index contributed by atoms with van der Waals surface area (Å²) in [5.74, 6) is 0.304. The molecule has 0 atom stereocenters. The standard InChI is InChI=1S/C24H30F3N3O4/c1-15-16(2)29-30(7)20(15)21(33-14-34-22(31)32-13-24(25,26)27)19(12-28-6)17-8-10-18(11-9-17)23(3,4)5/h8-12H,13-14H2,1-7H3/b21-19-,28-12?. The molecule has 0 saturated heterocycles. The molecule has 186 valence electrons.